The van der Waals surface area contributed by atoms with Crippen molar-refractivity contribution in [3.8, 4) is 0 Å². The minimum absolute atomic E-state index is 0.278. The molecular weight excluding hydrogens is 433 g/mol. The zero-order valence-corrected chi connectivity index (χ0v) is 15.7. The molecule has 0 bridgehead atoms. The Morgan fingerprint density at radius 3 is 2.27 bits per heavy atom. The molecule has 0 aromatic heterocycles. The summed E-state index contributed by atoms with van der Waals surface area (Å²) in [5, 5.41) is 18.7. The fraction of sp³-hybridized carbons (Fsp3) is 0.176. The summed E-state index contributed by atoms with van der Waals surface area (Å²) in [5.74, 6) is -6.62. The van der Waals surface area contributed by atoms with Crippen LogP contribution in [-0.4, -0.2) is 49.3 Å². The largest absolute Gasteiger partial charge is 0.459 e. The van der Waals surface area contributed by atoms with Crippen molar-refractivity contribution in [3.63, 3.8) is 0 Å². The van der Waals surface area contributed by atoms with E-state index in [4.69, 9.17) is 5.73 Å². The van der Waals surface area contributed by atoms with Gasteiger partial charge < -0.3 is 20.7 Å². The van der Waals surface area contributed by atoms with Crippen LogP contribution in [0.4, 0.5) is 18.9 Å². The number of nitrogens with one attached hydrogen (secondary N) is 1. The van der Waals surface area contributed by atoms with Gasteiger partial charge in [-0.25, -0.2) is 26.4 Å². The van der Waals surface area contributed by atoms with Gasteiger partial charge in [-0.3, -0.25) is 9.52 Å². The van der Waals surface area contributed by atoms with E-state index in [-0.39, 0.29) is 17.7 Å². The van der Waals surface area contributed by atoms with Gasteiger partial charge in [-0.1, -0.05) is 6.07 Å². The van der Waals surface area contributed by atoms with Gasteiger partial charge in [-0.05, 0) is 18.2 Å². The van der Waals surface area contributed by atoms with E-state index in [9.17, 15) is 41.4 Å². The second-order valence-corrected chi connectivity index (χ2v) is 7.57. The van der Waals surface area contributed by atoms with Crippen molar-refractivity contribution in [1.82, 2.24) is 0 Å². The van der Waals surface area contributed by atoms with Crippen molar-refractivity contribution in [2.24, 2.45) is 5.73 Å². The van der Waals surface area contributed by atoms with Crippen molar-refractivity contribution in [2.45, 2.75) is 17.1 Å². The summed E-state index contributed by atoms with van der Waals surface area (Å²) in [5.41, 5.74) is 3.33. The highest BCUT2D eigenvalue weighted by Gasteiger charge is 2.25. The number of hydrogen-bond donors (Lipinski definition) is 4. The predicted molar refractivity (Wildman–Crippen MR) is 95.1 cm³/mol. The van der Waals surface area contributed by atoms with Crippen LogP contribution in [-0.2, 0) is 19.6 Å². The Morgan fingerprint density at radius 2 is 1.70 bits per heavy atom. The van der Waals surface area contributed by atoms with E-state index in [0.29, 0.717) is 0 Å². The maximum absolute atomic E-state index is 13.7. The monoisotopic (exact) mass is 448 g/mol. The van der Waals surface area contributed by atoms with E-state index in [0.717, 1.165) is 24.3 Å². The molecule has 0 aliphatic rings. The molecule has 2 aromatic rings. The zero-order chi connectivity index (χ0) is 22.6. The lowest BCUT2D eigenvalue weighted by Gasteiger charge is -2.15. The normalized spacial score (nSPS) is 13.4. The molecule has 0 aliphatic carbocycles. The molecule has 9 nitrogen and oxygen atoms in total. The van der Waals surface area contributed by atoms with E-state index in [1.165, 1.54) is 0 Å². The van der Waals surface area contributed by atoms with Crippen molar-refractivity contribution >= 4 is 27.6 Å². The Kier molecular flexibility index (Phi) is 7.02. The van der Waals surface area contributed by atoms with Crippen LogP contribution >= 0.6 is 0 Å². The lowest BCUT2D eigenvalue weighted by atomic mass is 10.2. The number of benzene rings is 2. The third-order valence-electron chi connectivity index (χ3n) is 3.66. The molecular formula is C17H15F3N2O7S. The van der Waals surface area contributed by atoms with Gasteiger partial charge in [0.05, 0.1) is 10.5 Å². The molecule has 0 heterocycles. The summed E-state index contributed by atoms with van der Waals surface area (Å²) in [6.45, 7) is -0.829. The minimum atomic E-state index is -4.59. The third-order valence-corrected chi connectivity index (χ3v) is 5.01. The number of halogens is 3. The molecule has 0 saturated heterocycles. The van der Waals surface area contributed by atoms with Gasteiger partial charge in [0.2, 0.25) is 5.91 Å². The van der Waals surface area contributed by atoms with E-state index in [1.807, 2.05) is 0 Å². The molecule has 0 fully saturated rings. The summed E-state index contributed by atoms with van der Waals surface area (Å²) < 4.78 is 71.4. The second-order valence-electron chi connectivity index (χ2n) is 5.89. The van der Waals surface area contributed by atoms with Gasteiger partial charge in [0.15, 0.2) is 17.7 Å². The van der Waals surface area contributed by atoms with Crippen LogP contribution in [0.15, 0.2) is 41.3 Å². The van der Waals surface area contributed by atoms with Crippen molar-refractivity contribution < 1.29 is 46.1 Å². The Hall–Kier alpha value is -3.16. The molecule has 162 valence electrons. The Morgan fingerprint density at radius 1 is 1.10 bits per heavy atom. The van der Waals surface area contributed by atoms with Gasteiger partial charge in [-0.2, -0.15) is 0 Å². The first-order chi connectivity index (χ1) is 13.9. The standard InChI is InChI=1S/C17H15F3N2O7S/c18-9-5-11(19)14(12(20)6-9)22-30(27,28)10-3-1-2-8(4-10)17(26)29-7-13(23)15(24)16(21)25/h1-6,13,15,22-24H,7H2,(H2,21,25). The SMILES string of the molecule is NC(=O)C(O)C(O)COC(=O)c1cccc(S(=O)(=O)Nc2c(F)cc(F)cc2F)c1. The zero-order valence-electron chi connectivity index (χ0n) is 14.9. The summed E-state index contributed by atoms with van der Waals surface area (Å²) in [7, 11) is -4.59. The summed E-state index contributed by atoms with van der Waals surface area (Å²) in [4.78, 5) is 22.2. The first-order valence-corrected chi connectivity index (χ1v) is 9.50. The first kappa shape index (κ1) is 23.1. The molecule has 0 saturated carbocycles. The number of esters is 1. The number of nitrogens with two attached hydrogens (primary N) is 1. The molecule has 2 unspecified atom stereocenters. The number of amides is 1. The predicted octanol–water partition coefficient (Wildman–Crippen LogP) is 0.269. The number of sulfonamides is 1. The number of ether oxygens (including phenoxy) is 1. The topological polar surface area (TPSA) is 156 Å². The quantitative estimate of drug-likeness (QED) is 0.422. The van der Waals surface area contributed by atoms with Gasteiger partial charge in [0, 0.05) is 12.1 Å². The molecule has 13 heteroatoms. The van der Waals surface area contributed by atoms with Gasteiger partial charge in [0.25, 0.3) is 10.0 Å². The maximum Gasteiger partial charge on any atom is 0.338 e. The highest BCUT2D eigenvalue weighted by atomic mass is 32.2. The number of rotatable bonds is 8. The minimum Gasteiger partial charge on any atom is -0.459 e. The Labute approximate surface area is 167 Å². The fourth-order valence-corrected chi connectivity index (χ4v) is 3.27. The van der Waals surface area contributed by atoms with E-state index >= 15 is 0 Å². The summed E-state index contributed by atoms with van der Waals surface area (Å²) in [6.07, 6.45) is -3.81. The second kappa shape index (κ2) is 9.11. The number of aliphatic hydroxyl groups excluding tert-OH is 2. The molecule has 5 N–H and O–H groups in total. The van der Waals surface area contributed by atoms with E-state index in [1.54, 1.807) is 4.72 Å². The highest BCUT2D eigenvalue weighted by molar-refractivity contribution is 7.92. The molecule has 0 radical (unpaired) electrons. The van der Waals surface area contributed by atoms with Gasteiger partial charge in [-0.15, -0.1) is 0 Å². The van der Waals surface area contributed by atoms with Crippen LogP contribution in [0.1, 0.15) is 10.4 Å². The number of carbonyl (C=O) groups excluding carboxylic acids is 2. The van der Waals surface area contributed by atoms with Crippen LogP contribution in [0.2, 0.25) is 0 Å². The molecule has 1 amide bonds. The van der Waals surface area contributed by atoms with Crippen LogP contribution in [0, 0.1) is 17.5 Å². The number of aliphatic hydroxyl groups is 2. The van der Waals surface area contributed by atoms with Gasteiger partial charge in [0.1, 0.15) is 24.2 Å². The smallest absolute Gasteiger partial charge is 0.338 e. The molecule has 0 aliphatic heterocycles. The molecule has 30 heavy (non-hydrogen) atoms. The molecule has 2 atom stereocenters. The van der Waals surface area contributed by atoms with E-state index in [2.05, 4.69) is 4.74 Å². The number of carbonyl (C=O) groups is 2. The average molecular weight is 448 g/mol. The van der Waals surface area contributed by atoms with Crippen LogP contribution in [0.5, 0.6) is 0 Å². The Balaban J connectivity index is 2.20. The third kappa shape index (κ3) is 5.46. The average Bonchev–Trinajstić information content (AvgIpc) is 2.68. The van der Waals surface area contributed by atoms with Crippen molar-refractivity contribution in [3.05, 3.63) is 59.4 Å². The molecule has 0 spiro atoms. The molecule has 2 aromatic carbocycles. The summed E-state index contributed by atoms with van der Waals surface area (Å²) in [6, 6.07) is 4.63. The highest BCUT2D eigenvalue weighted by Crippen LogP contribution is 2.24. The van der Waals surface area contributed by atoms with Gasteiger partial charge >= 0.3 is 5.97 Å². The fourth-order valence-electron chi connectivity index (χ4n) is 2.15. The lowest BCUT2D eigenvalue weighted by Crippen LogP contribution is -2.41. The van der Waals surface area contributed by atoms with Crippen molar-refractivity contribution in [2.75, 3.05) is 11.3 Å². The van der Waals surface area contributed by atoms with E-state index < -0.39 is 68.7 Å². The van der Waals surface area contributed by atoms with Crippen LogP contribution in [0.3, 0.4) is 0 Å². The molecule has 2 rings (SSSR count). The number of hydrogen-bond acceptors (Lipinski definition) is 7. The lowest BCUT2D eigenvalue weighted by molar-refractivity contribution is -0.133. The maximum atomic E-state index is 13.7. The summed E-state index contributed by atoms with van der Waals surface area (Å²) >= 11 is 0. The first-order valence-electron chi connectivity index (χ1n) is 8.02. The Bertz CT molecular complexity index is 1060. The number of primary amides is 1. The van der Waals surface area contributed by atoms with Crippen LogP contribution < -0.4 is 10.5 Å². The van der Waals surface area contributed by atoms with Crippen molar-refractivity contribution in [1.29, 1.82) is 0 Å². The van der Waals surface area contributed by atoms with Crippen LogP contribution in [0.25, 0.3) is 0 Å². The number of anilines is 1.